The highest BCUT2D eigenvalue weighted by Crippen LogP contribution is 2.42. The third-order valence-corrected chi connectivity index (χ3v) is 6.67. The molecule has 4 rings (SSSR count). The van der Waals surface area contributed by atoms with Crippen molar-refractivity contribution in [1.29, 1.82) is 0 Å². The van der Waals surface area contributed by atoms with E-state index in [0.717, 1.165) is 6.54 Å². The predicted octanol–water partition coefficient (Wildman–Crippen LogP) is 0.656. The van der Waals surface area contributed by atoms with Crippen LogP contribution in [0.15, 0.2) is 10.6 Å². The minimum Gasteiger partial charge on any atom is -0.354 e. The molecule has 0 bridgehead atoms. The molecule has 2 N–H and O–H groups in total. The Morgan fingerprint density at radius 3 is 2.67 bits per heavy atom. The lowest BCUT2D eigenvalue weighted by Crippen LogP contribution is -2.52. The number of halogens is 2. The highest BCUT2D eigenvalue weighted by molar-refractivity contribution is 6.08. The molecule has 3 aliphatic heterocycles. The van der Waals surface area contributed by atoms with Gasteiger partial charge in [-0.1, -0.05) is 5.16 Å². The van der Waals surface area contributed by atoms with E-state index in [2.05, 4.69) is 15.8 Å². The van der Waals surface area contributed by atoms with Crippen LogP contribution >= 0.6 is 0 Å². The summed E-state index contributed by atoms with van der Waals surface area (Å²) in [7, 11) is 1.93. The smallest absolute Gasteiger partial charge is 0.263 e. The number of carbonyl (C=O) groups excluding carboxylic acids is 2. The van der Waals surface area contributed by atoms with Gasteiger partial charge in [-0.25, -0.2) is 8.78 Å². The molecule has 2 amide bonds. The third-order valence-electron chi connectivity index (χ3n) is 6.67. The zero-order valence-electron chi connectivity index (χ0n) is 17.2. The molecular formula is C19H28BF2N5O3. The molecule has 4 heterocycles. The zero-order chi connectivity index (χ0) is 21.3. The second kappa shape index (κ2) is 8.53. The molecule has 0 aliphatic carbocycles. The Morgan fingerprint density at radius 1 is 1.23 bits per heavy atom. The lowest BCUT2D eigenvalue weighted by molar-refractivity contribution is -0.133. The average Bonchev–Trinajstić information content (AvgIpc) is 3.18. The Labute approximate surface area is 175 Å². The number of imide groups is 1. The number of nitrogens with one attached hydrogen (secondary N) is 2. The first-order valence-electron chi connectivity index (χ1n) is 10.8. The van der Waals surface area contributed by atoms with Crippen molar-refractivity contribution in [3.05, 3.63) is 6.07 Å². The van der Waals surface area contributed by atoms with Crippen LogP contribution in [0.1, 0.15) is 32.1 Å². The van der Waals surface area contributed by atoms with Crippen LogP contribution in [0, 0.1) is 11.8 Å². The normalized spacial score (nSPS) is 28.4. The number of nitrogens with zero attached hydrogens (tertiary/aromatic N) is 3. The fourth-order valence-corrected chi connectivity index (χ4v) is 4.89. The van der Waals surface area contributed by atoms with E-state index < -0.39 is 17.9 Å². The molecule has 0 radical (unpaired) electrons. The van der Waals surface area contributed by atoms with Crippen LogP contribution in [0.5, 0.6) is 0 Å². The van der Waals surface area contributed by atoms with Gasteiger partial charge >= 0.3 is 0 Å². The maximum atomic E-state index is 14.6. The van der Waals surface area contributed by atoms with Crippen LogP contribution < -0.4 is 15.5 Å². The first-order valence-corrected chi connectivity index (χ1v) is 10.8. The molecule has 3 aliphatic rings. The van der Waals surface area contributed by atoms with Crippen molar-refractivity contribution in [2.24, 2.45) is 11.8 Å². The van der Waals surface area contributed by atoms with Crippen LogP contribution in [0.3, 0.4) is 0 Å². The van der Waals surface area contributed by atoms with Gasteiger partial charge in [0.15, 0.2) is 5.82 Å². The van der Waals surface area contributed by atoms with Crippen molar-refractivity contribution >= 4 is 31.4 Å². The molecule has 1 aromatic rings. The Bertz CT molecular complexity index is 784. The number of likely N-dealkylation sites (tertiary alicyclic amines) is 1. The summed E-state index contributed by atoms with van der Waals surface area (Å²) in [6, 6.07) is 1.18. The largest absolute Gasteiger partial charge is 0.354 e. The molecule has 3 fully saturated rings. The molecule has 3 saturated heterocycles. The number of anilines is 2. The van der Waals surface area contributed by atoms with E-state index in [4.69, 9.17) is 4.52 Å². The molecule has 2 atom stereocenters. The summed E-state index contributed by atoms with van der Waals surface area (Å²) in [5, 5.41) is 9.33. The molecular weight excluding hydrogens is 395 g/mol. The lowest BCUT2D eigenvalue weighted by Gasteiger charge is -2.44. The number of rotatable bonds is 5. The predicted molar refractivity (Wildman–Crippen MR) is 109 cm³/mol. The van der Waals surface area contributed by atoms with E-state index in [1.54, 1.807) is 6.07 Å². The fourth-order valence-electron chi connectivity index (χ4n) is 4.89. The van der Waals surface area contributed by atoms with Crippen molar-refractivity contribution in [2.45, 2.75) is 44.1 Å². The van der Waals surface area contributed by atoms with E-state index in [9.17, 15) is 18.4 Å². The summed E-state index contributed by atoms with van der Waals surface area (Å²) in [6.07, 6.45) is 3.30. The van der Waals surface area contributed by atoms with Gasteiger partial charge in [0, 0.05) is 31.5 Å². The van der Waals surface area contributed by atoms with E-state index in [1.165, 1.54) is 0 Å². The summed E-state index contributed by atoms with van der Waals surface area (Å²) in [4.78, 5) is 27.0. The van der Waals surface area contributed by atoms with Gasteiger partial charge in [-0.2, -0.15) is 0 Å². The number of aromatic nitrogens is 1. The van der Waals surface area contributed by atoms with Gasteiger partial charge in [-0.05, 0) is 44.6 Å². The number of amides is 2. The maximum Gasteiger partial charge on any atom is 0.263 e. The second-order valence-electron chi connectivity index (χ2n) is 8.55. The average molecular weight is 423 g/mol. The fraction of sp³-hybridized carbons (Fsp3) is 0.737. The summed E-state index contributed by atoms with van der Waals surface area (Å²) in [5.74, 6) is -2.82. The number of alkyl halides is 2. The molecule has 0 aromatic carbocycles. The van der Waals surface area contributed by atoms with Crippen LogP contribution in [-0.4, -0.2) is 74.3 Å². The number of hydrogen-bond donors (Lipinski definition) is 2. The van der Waals surface area contributed by atoms with Crippen molar-refractivity contribution in [1.82, 2.24) is 15.4 Å². The van der Waals surface area contributed by atoms with Crippen molar-refractivity contribution in [3.8, 4) is 0 Å². The monoisotopic (exact) mass is 423 g/mol. The minimum absolute atomic E-state index is 0.0169. The summed E-state index contributed by atoms with van der Waals surface area (Å²) < 4.78 is 34.6. The highest BCUT2D eigenvalue weighted by Gasteiger charge is 2.48. The standard InChI is InChI=1S/C19H28BF2N5O3/c20-11-26-6-5-13(19(21,22)10-26)12-3-7-27(8-4-12)15-9-17(30-25-15)23-14-1-2-16(28)24-18(14)29/h9,12-14,23H,1-8,10-11,20H2,(H,24,28,29). The first-order chi connectivity index (χ1) is 14.4. The topological polar surface area (TPSA) is 90.7 Å². The molecule has 1 aromatic heterocycles. The van der Waals surface area contributed by atoms with Crippen LogP contribution in [0.2, 0.25) is 0 Å². The van der Waals surface area contributed by atoms with E-state index >= 15 is 0 Å². The number of carbonyl (C=O) groups is 2. The Kier molecular flexibility index (Phi) is 5.99. The van der Waals surface area contributed by atoms with Crippen molar-refractivity contribution in [2.75, 3.05) is 42.8 Å². The molecule has 8 nitrogen and oxygen atoms in total. The molecule has 2 unspecified atom stereocenters. The van der Waals surface area contributed by atoms with Crippen LogP contribution in [-0.2, 0) is 9.59 Å². The van der Waals surface area contributed by atoms with Gasteiger partial charge in [0.25, 0.3) is 5.92 Å². The Balaban J connectivity index is 1.31. The molecule has 0 saturated carbocycles. The van der Waals surface area contributed by atoms with Gasteiger partial charge in [0.2, 0.25) is 17.7 Å². The molecule has 11 heteroatoms. The van der Waals surface area contributed by atoms with Crippen molar-refractivity contribution < 1.29 is 22.9 Å². The lowest BCUT2D eigenvalue weighted by atomic mass is 9.76. The van der Waals surface area contributed by atoms with Gasteiger partial charge in [0.05, 0.1) is 6.54 Å². The second-order valence-corrected chi connectivity index (χ2v) is 8.55. The number of piperidine rings is 3. The maximum absolute atomic E-state index is 14.6. The van der Waals surface area contributed by atoms with E-state index in [-0.39, 0.29) is 30.7 Å². The Morgan fingerprint density at radius 2 is 2.00 bits per heavy atom. The van der Waals surface area contributed by atoms with Gasteiger partial charge in [-0.15, -0.1) is 0 Å². The van der Waals surface area contributed by atoms with E-state index in [1.807, 2.05) is 17.6 Å². The van der Waals surface area contributed by atoms with Gasteiger partial charge < -0.3 is 19.6 Å². The summed E-state index contributed by atoms with van der Waals surface area (Å²) in [5.41, 5.74) is 0. The minimum atomic E-state index is -2.63. The Hall–Kier alpha value is -2.17. The summed E-state index contributed by atoms with van der Waals surface area (Å²) >= 11 is 0. The van der Waals surface area contributed by atoms with Crippen LogP contribution in [0.4, 0.5) is 20.5 Å². The van der Waals surface area contributed by atoms with Gasteiger partial charge in [-0.3, -0.25) is 14.9 Å². The highest BCUT2D eigenvalue weighted by atomic mass is 19.3. The third kappa shape index (κ3) is 4.45. The van der Waals surface area contributed by atoms with Gasteiger partial charge in [0.1, 0.15) is 13.9 Å². The quantitative estimate of drug-likeness (QED) is 0.531. The zero-order valence-corrected chi connectivity index (χ0v) is 17.2. The molecule has 164 valence electrons. The van der Waals surface area contributed by atoms with Crippen LogP contribution in [0.25, 0.3) is 0 Å². The van der Waals surface area contributed by atoms with Crippen molar-refractivity contribution in [3.63, 3.8) is 0 Å². The molecule has 0 spiro atoms. The van der Waals surface area contributed by atoms with E-state index in [0.29, 0.717) is 56.9 Å². The first kappa shape index (κ1) is 21.1. The SMILES string of the molecule is BCN1CCC(C2CCN(c3cc(NC4CCC(=O)NC4=O)on3)CC2)C(F)(F)C1. The summed E-state index contributed by atoms with van der Waals surface area (Å²) in [6.45, 7) is 1.92. The molecule has 30 heavy (non-hydrogen) atoms. The number of hydrogen-bond acceptors (Lipinski definition) is 7.